The first-order chi connectivity index (χ1) is 13.2. The molecule has 0 spiro atoms. The molecule has 1 aromatic carbocycles. The zero-order valence-corrected chi connectivity index (χ0v) is 14.9. The van der Waals surface area contributed by atoms with Gasteiger partial charge in [-0.05, 0) is 30.7 Å². The van der Waals surface area contributed by atoms with Crippen LogP contribution in [0.3, 0.4) is 0 Å². The lowest BCUT2D eigenvalue weighted by Gasteiger charge is -2.29. The van der Waals surface area contributed by atoms with Gasteiger partial charge < -0.3 is 20.6 Å². The molecule has 3 N–H and O–H groups in total. The number of carbonyl (C=O) groups excluding carboxylic acids is 1. The first kappa shape index (κ1) is 18.5. The van der Waals surface area contributed by atoms with Gasteiger partial charge in [0.15, 0.2) is 0 Å². The van der Waals surface area contributed by atoms with Gasteiger partial charge >= 0.3 is 6.18 Å². The molecule has 2 atom stereocenters. The van der Waals surface area contributed by atoms with Gasteiger partial charge in [0, 0.05) is 37.1 Å². The Balaban J connectivity index is 1.78. The van der Waals surface area contributed by atoms with E-state index >= 15 is 0 Å². The van der Waals surface area contributed by atoms with E-state index in [2.05, 4.69) is 4.98 Å². The van der Waals surface area contributed by atoms with Gasteiger partial charge in [0.2, 0.25) is 0 Å². The molecule has 0 bridgehead atoms. The maximum Gasteiger partial charge on any atom is 0.416 e. The second-order valence-electron chi connectivity index (χ2n) is 7.16. The van der Waals surface area contributed by atoms with Crippen molar-refractivity contribution in [3.05, 3.63) is 53.2 Å². The summed E-state index contributed by atoms with van der Waals surface area (Å²) < 4.78 is 39.2. The van der Waals surface area contributed by atoms with E-state index in [1.165, 1.54) is 6.07 Å². The van der Waals surface area contributed by atoms with Crippen LogP contribution in [0.5, 0.6) is 0 Å². The Morgan fingerprint density at radius 1 is 1.25 bits per heavy atom. The minimum absolute atomic E-state index is 0.0748. The minimum Gasteiger partial charge on any atom is -0.391 e. The largest absolute Gasteiger partial charge is 0.416 e. The molecule has 6 nitrogen and oxygen atoms in total. The summed E-state index contributed by atoms with van der Waals surface area (Å²) in [6.45, 7) is 1.25. The van der Waals surface area contributed by atoms with Gasteiger partial charge in [-0.3, -0.25) is 4.79 Å². The Hall–Kier alpha value is -2.81. The number of aliphatic hydroxyl groups excluding tert-OH is 1. The van der Waals surface area contributed by atoms with E-state index in [4.69, 9.17) is 5.73 Å². The molecule has 1 saturated heterocycles. The fourth-order valence-electron chi connectivity index (χ4n) is 4.03. The van der Waals surface area contributed by atoms with Crippen molar-refractivity contribution in [1.82, 2.24) is 4.98 Å². The number of carbonyl (C=O) groups is 1. The van der Waals surface area contributed by atoms with Crippen LogP contribution in [0.15, 0.2) is 36.5 Å². The number of pyridine rings is 1. The van der Waals surface area contributed by atoms with Crippen LogP contribution in [0.25, 0.3) is 0 Å². The molecule has 28 heavy (non-hydrogen) atoms. The van der Waals surface area contributed by atoms with Gasteiger partial charge in [0.05, 0.1) is 23.3 Å². The quantitative estimate of drug-likeness (QED) is 0.819. The summed E-state index contributed by atoms with van der Waals surface area (Å²) in [6, 6.07) is 6.64. The van der Waals surface area contributed by atoms with E-state index in [0.717, 1.165) is 23.5 Å². The fourth-order valence-corrected chi connectivity index (χ4v) is 4.03. The zero-order valence-electron chi connectivity index (χ0n) is 14.9. The van der Waals surface area contributed by atoms with Crippen LogP contribution >= 0.6 is 0 Å². The van der Waals surface area contributed by atoms with E-state index in [-0.39, 0.29) is 11.6 Å². The van der Waals surface area contributed by atoms with Crippen LogP contribution in [-0.2, 0) is 12.7 Å². The zero-order chi connectivity index (χ0) is 20.1. The molecule has 0 aliphatic carbocycles. The molecule has 4 rings (SSSR count). The highest BCUT2D eigenvalue weighted by Gasteiger charge is 2.38. The Bertz CT molecular complexity index is 918. The first-order valence-corrected chi connectivity index (χ1v) is 8.88. The number of nitrogens with zero attached hydrogens (tertiary/aromatic N) is 3. The first-order valence-electron chi connectivity index (χ1n) is 8.88. The van der Waals surface area contributed by atoms with Gasteiger partial charge in [0.25, 0.3) is 5.91 Å². The van der Waals surface area contributed by atoms with Crippen molar-refractivity contribution in [2.24, 2.45) is 5.73 Å². The maximum atomic E-state index is 13.1. The Morgan fingerprint density at radius 3 is 2.75 bits per heavy atom. The van der Waals surface area contributed by atoms with Crippen LogP contribution in [0.4, 0.5) is 24.7 Å². The lowest BCUT2D eigenvalue weighted by molar-refractivity contribution is -0.137. The summed E-state index contributed by atoms with van der Waals surface area (Å²) in [5.41, 5.74) is 5.53. The average molecular weight is 392 g/mol. The van der Waals surface area contributed by atoms with Crippen molar-refractivity contribution in [2.45, 2.75) is 31.3 Å². The molecule has 0 radical (unpaired) electrons. The van der Waals surface area contributed by atoms with E-state index in [0.29, 0.717) is 31.7 Å². The summed E-state index contributed by atoms with van der Waals surface area (Å²) in [7, 11) is 0. The molecule has 1 amide bonds. The number of aromatic nitrogens is 1. The molecule has 148 valence electrons. The third-order valence-electron chi connectivity index (χ3n) is 5.25. The predicted molar refractivity (Wildman–Crippen MR) is 97.0 cm³/mol. The van der Waals surface area contributed by atoms with Crippen molar-refractivity contribution in [1.29, 1.82) is 0 Å². The van der Waals surface area contributed by atoms with Gasteiger partial charge in [-0.2, -0.15) is 13.2 Å². The van der Waals surface area contributed by atoms with Crippen molar-refractivity contribution in [3.8, 4) is 0 Å². The number of aliphatic hydroxyl groups is 1. The number of rotatable bonds is 2. The number of hydrogen-bond donors (Lipinski definition) is 2. The number of amides is 1. The number of halogens is 3. The molecular formula is C19H19F3N4O2. The molecule has 2 aliphatic heterocycles. The second-order valence-corrected chi connectivity index (χ2v) is 7.16. The third-order valence-corrected chi connectivity index (χ3v) is 5.25. The van der Waals surface area contributed by atoms with Crippen molar-refractivity contribution in [2.75, 3.05) is 22.9 Å². The summed E-state index contributed by atoms with van der Waals surface area (Å²) in [5.74, 6) is -0.167. The molecule has 1 fully saturated rings. The van der Waals surface area contributed by atoms with Crippen molar-refractivity contribution < 1.29 is 23.1 Å². The van der Waals surface area contributed by atoms with Crippen LogP contribution < -0.4 is 15.5 Å². The average Bonchev–Trinajstić information content (AvgIpc) is 2.93. The van der Waals surface area contributed by atoms with Gasteiger partial charge in [-0.1, -0.05) is 6.07 Å². The molecule has 1 aromatic heterocycles. The van der Waals surface area contributed by atoms with Gasteiger partial charge in [-0.15, -0.1) is 0 Å². The number of primary amides is 1. The van der Waals surface area contributed by atoms with Crippen LogP contribution in [0.1, 0.15) is 27.9 Å². The molecule has 2 aliphatic rings. The normalized spacial score (nSPS) is 21.9. The number of benzene rings is 1. The number of anilines is 2. The van der Waals surface area contributed by atoms with E-state index in [9.17, 15) is 23.1 Å². The number of alkyl halides is 3. The maximum absolute atomic E-state index is 13.1. The highest BCUT2D eigenvalue weighted by Crippen LogP contribution is 2.37. The number of fused-ring (bicyclic) bond motifs is 3. The minimum atomic E-state index is -4.57. The fraction of sp³-hybridized carbons (Fsp3) is 0.368. The van der Waals surface area contributed by atoms with Crippen molar-refractivity contribution >= 4 is 17.4 Å². The molecular weight excluding hydrogens is 373 g/mol. The summed E-state index contributed by atoms with van der Waals surface area (Å²) >= 11 is 0. The standard InChI is InChI=1S/C19H19F3N4O2/c20-19(21,22)12-3-4-16(15(6-12)17(23)28)25-8-11-2-1-5-24-18(11)26-10-14(27)7-13(26)9-25/h1-6,13-14,27H,7-10H2,(H2,23,28)/t13-,14+/m0/s1. The predicted octanol–water partition coefficient (Wildman–Crippen LogP) is 2.16. The summed E-state index contributed by atoms with van der Waals surface area (Å²) in [5, 5.41) is 10.1. The Kier molecular flexibility index (Phi) is 4.41. The van der Waals surface area contributed by atoms with Crippen molar-refractivity contribution in [3.63, 3.8) is 0 Å². The molecule has 3 heterocycles. The molecule has 0 unspecified atom stereocenters. The summed E-state index contributed by atoms with van der Waals surface area (Å²) in [4.78, 5) is 20.2. The van der Waals surface area contributed by atoms with Gasteiger partial charge in [-0.25, -0.2) is 4.98 Å². The molecule has 9 heteroatoms. The van der Waals surface area contributed by atoms with E-state index in [1.807, 2.05) is 15.9 Å². The second kappa shape index (κ2) is 6.66. The SMILES string of the molecule is NC(=O)c1cc(C(F)(F)F)ccc1N1Cc2cccnc2N2C[C@H](O)C[C@H]2C1. The smallest absolute Gasteiger partial charge is 0.391 e. The molecule has 2 aromatic rings. The highest BCUT2D eigenvalue weighted by atomic mass is 19.4. The monoisotopic (exact) mass is 392 g/mol. The van der Waals surface area contributed by atoms with Gasteiger partial charge in [0.1, 0.15) is 5.82 Å². The van der Waals surface area contributed by atoms with Crippen LogP contribution in [0, 0.1) is 0 Å². The lowest BCUT2D eigenvalue weighted by Crippen LogP contribution is -2.38. The lowest BCUT2D eigenvalue weighted by atomic mass is 10.0. The third kappa shape index (κ3) is 3.26. The summed E-state index contributed by atoms with van der Waals surface area (Å²) in [6.07, 6.45) is -2.89. The Labute approximate surface area is 159 Å². The topological polar surface area (TPSA) is 82.7 Å². The van der Waals surface area contributed by atoms with E-state index in [1.54, 1.807) is 12.3 Å². The highest BCUT2D eigenvalue weighted by molar-refractivity contribution is 5.99. The molecule has 0 saturated carbocycles. The van der Waals surface area contributed by atoms with E-state index < -0.39 is 23.8 Å². The Morgan fingerprint density at radius 2 is 2.04 bits per heavy atom. The van der Waals surface area contributed by atoms with Crippen LogP contribution in [0.2, 0.25) is 0 Å². The van der Waals surface area contributed by atoms with Crippen LogP contribution in [-0.4, -0.2) is 41.2 Å². The number of hydrogen-bond acceptors (Lipinski definition) is 5. The number of nitrogens with two attached hydrogens (primary N) is 1.